The highest BCUT2D eigenvalue weighted by Gasteiger charge is 2.48. The van der Waals surface area contributed by atoms with Crippen LogP contribution in [-0.4, -0.2) is 11.6 Å². The predicted octanol–water partition coefficient (Wildman–Crippen LogP) is 5.56. The molecule has 2 spiro atoms. The van der Waals surface area contributed by atoms with E-state index in [1.54, 1.807) is 0 Å². The molecule has 0 radical (unpaired) electrons. The van der Waals surface area contributed by atoms with E-state index in [2.05, 4.69) is 0 Å². The molecule has 3 aliphatic rings. The Labute approximate surface area is 134 Å². The van der Waals surface area contributed by atoms with Crippen molar-refractivity contribution in [3.63, 3.8) is 0 Å². The summed E-state index contributed by atoms with van der Waals surface area (Å²) < 4.78 is 0. The van der Waals surface area contributed by atoms with Gasteiger partial charge in [-0.15, -0.1) is 0 Å². The van der Waals surface area contributed by atoms with E-state index in [-0.39, 0.29) is 0 Å². The minimum Gasteiger partial charge on any atom is -0.195 e. The summed E-state index contributed by atoms with van der Waals surface area (Å²) in [6.45, 7) is 0. The lowest BCUT2D eigenvalue weighted by molar-refractivity contribution is -0.661. The number of rotatable bonds is 0. The summed E-state index contributed by atoms with van der Waals surface area (Å²) in [7, 11) is 0. The zero-order valence-electron chi connectivity index (χ0n) is 13.9. The fourth-order valence-electron chi connectivity index (χ4n) is 3.91. The van der Waals surface area contributed by atoms with E-state index in [1.807, 2.05) is 0 Å². The van der Waals surface area contributed by atoms with E-state index < -0.39 is 11.6 Å². The molecule has 1 saturated heterocycles. The first-order valence-electron chi connectivity index (χ1n) is 9.56. The number of hydrogen-bond donors (Lipinski definition) is 0. The molecule has 1 aliphatic heterocycles. The molecule has 0 atom stereocenters. The Morgan fingerprint density at radius 2 is 0.545 bits per heavy atom. The van der Waals surface area contributed by atoms with Crippen molar-refractivity contribution in [2.24, 2.45) is 0 Å². The fraction of sp³-hybridized carbons (Fsp3) is 1.00. The Balaban J connectivity index is 1.54. The van der Waals surface area contributed by atoms with Crippen molar-refractivity contribution in [1.29, 1.82) is 0 Å². The first kappa shape index (κ1) is 16.7. The molecule has 0 N–H and O–H groups in total. The van der Waals surface area contributed by atoms with Gasteiger partial charge in [-0.2, -0.15) is 19.6 Å². The molecule has 22 heavy (non-hydrogen) atoms. The standard InChI is InChI=1S/C18H32O4/c1-2-4-6-9-13-17(14-10-7-5-3-1)19-21-18(22-20-17)15-11-8-12-16-18/h1-16H2. The normalized spacial score (nSPS) is 30.5. The molecular formula is C18H32O4. The van der Waals surface area contributed by atoms with Crippen LogP contribution in [0, 0.1) is 0 Å². The summed E-state index contributed by atoms with van der Waals surface area (Å²) in [5.41, 5.74) is 0. The summed E-state index contributed by atoms with van der Waals surface area (Å²) in [4.78, 5) is 23.3. The third-order valence-electron chi connectivity index (χ3n) is 5.42. The van der Waals surface area contributed by atoms with Crippen LogP contribution in [0.3, 0.4) is 0 Å². The maximum Gasteiger partial charge on any atom is 0.234 e. The Morgan fingerprint density at radius 1 is 0.318 bits per heavy atom. The van der Waals surface area contributed by atoms with E-state index in [0.29, 0.717) is 0 Å². The molecule has 0 bridgehead atoms. The van der Waals surface area contributed by atoms with Crippen LogP contribution in [-0.2, 0) is 19.6 Å². The average Bonchev–Trinajstić information content (AvgIpc) is 2.55. The second kappa shape index (κ2) is 8.09. The minimum atomic E-state index is -0.665. The van der Waals surface area contributed by atoms with Crippen molar-refractivity contribution < 1.29 is 19.6 Å². The van der Waals surface area contributed by atoms with Crippen LogP contribution in [0.5, 0.6) is 0 Å². The van der Waals surface area contributed by atoms with Crippen molar-refractivity contribution >= 4 is 0 Å². The van der Waals surface area contributed by atoms with Gasteiger partial charge in [0.25, 0.3) is 0 Å². The maximum atomic E-state index is 5.86. The molecule has 4 nitrogen and oxygen atoms in total. The van der Waals surface area contributed by atoms with Crippen LogP contribution >= 0.6 is 0 Å². The van der Waals surface area contributed by atoms with E-state index in [9.17, 15) is 0 Å². The average molecular weight is 312 g/mol. The summed E-state index contributed by atoms with van der Waals surface area (Å²) in [6, 6.07) is 0. The number of hydrogen-bond acceptors (Lipinski definition) is 4. The van der Waals surface area contributed by atoms with Crippen LogP contribution < -0.4 is 0 Å². The molecule has 2 saturated carbocycles. The SMILES string of the molecule is C1CCCCCC2(CCCCC1)OOC1(CCCCC1)OO2. The molecule has 1 heterocycles. The molecular weight excluding hydrogens is 280 g/mol. The molecule has 3 fully saturated rings. The Morgan fingerprint density at radius 3 is 0.864 bits per heavy atom. The van der Waals surface area contributed by atoms with Gasteiger partial charge in [0.15, 0.2) is 0 Å². The third-order valence-corrected chi connectivity index (χ3v) is 5.42. The summed E-state index contributed by atoms with van der Waals surface area (Å²) >= 11 is 0. The molecule has 128 valence electrons. The quantitative estimate of drug-likeness (QED) is 0.549. The highest BCUT2D eigenvalue weighted by Crippen LogP contribution is 2.42. The maximum absolute atomic E-state index is 5.86. The molecule has 2 aliphatic carbocycles. The van der Waals surface area contributed by atoms with Crippen LogP contribution in [0.1, 0.15) is 103 Å². The van der Waals surface area contributed by atoms with Gasteiger partial charge in [0.1, 0.15) is 0 Å². The largest absolute Gasteiger partial charge is 0.234 e. The summed E-state index contributed by atoms with van der Waals surface area (Å²) in [6.07, 6.45) is 18.5. The van der Waals surface area contributed by atoms with Gasteiger partial charge in [0.2, 0.25) is 11.6 Å². The monoisotopic (exact) mass is 312 g/mol. The molecule has 0 unspecified atom stereocenters. The Kier molecular flexibility index (Phi) is 6.14. The minimum absolute atomic E-state index is 0.632. The van der Waals surface area contributed by atoms with Crippen molar-refractivity contribution in [1.82, 2.24) is 0 Å². The highest BCUT2D eigenvalue weighted by molar-refractivity contribution is 4.77. The predicted molar refractivity (Wildman–Crippen MR) is 83.7 cm³/mol. The van der Waals surface area contributed by atoms with Crippen molar-refractivity contribution in [2.75, 3.05) is 0 Å². The molecule has 0 aromatic rings. The first-order valence-corrected chi connectivity index (χ1v) is 9.56. The van der Waals surface area contributed by atoms with Gasteiger partial charge in [0, 0.05) is 25.7 Å². The van der Waals surface area contributed by atoms with E-state index in [0.717, 1.165) is 51.4 Å². The van der Waals surface area contributed by atoms with Crippen LogP contribution in [0.2, 0.25) is 0 Å². The van der Waals surface area contributed by atoms with Crippen LogP contribution in [0.25, 0.3) is 0 Å². The Hall–Kier alpha value is -0.160. The molecule has 4 heteroatoms. The molecule has 0 aromatic carbocycles. The summed E-state index contributed by atoms with van der Waals surface area (Å²) in [5.74, 6) is -1.30. The Bertz CT molecular complexity index is 301. The smallest absolute Gasteiger partial charge is 0.195 e. The van der Waals surface area contributed by atoms with E-state index in [1.165, 1.54) is 51.4 Å². The van der Waals surface area contributed by atoms with Crippen molar-refractivity contribution in [3.8, 4) is 0 Å². The van der Waals surface area contributed by atoms with Crippen LogP contribution in [0.4, 0.5) is 0 Å². The molecule has 3 rings (SSSR count). The third kappa shape index (κ3) is 4.44. The van der Waals surface area contributed by atoms with E-state index >= 15 is 0 Å². The van der Waals surface area contributed by atoms with Gasteiger partial charge in [-0.05, 0) is 25.7 Å². The lowest BCUT2D eigenvalue weighted by Crippen LogP contribution is -2.51. The van der Waals surface area contributed by atoms with Gasteiger partial charge in [-0.1, -0.05) is 51.4 Å². The fourth-order valence-corrected chi connectivity index (χ4v) is 3.91. The van der Waals surface area contributed by atoms with Crippen molar-refractivity contribution in [3.05, 3.63) is 0 Å². The van der Waals surface area contributed by atoms with Gasteiger partial charge < -0.3 is 0 Å². The van der Waals surface area contributed by atoms with E-state index in [4.69, 9.17) is 19.6 Å². The zero-order chi connectivity index (χ0) is 15.1. The lowest BCUT2D eigenvalue weighted by atomic mass is 9.94. The van der Waals surface area contributed by atoms with Gasteiger partial charge in [-0.25, -0.2) is 0 Å². The zero-order valence-corrected chi connectivity index (χ0v) is 13.9. The topological polar surface area (TPSA) is 36.9 Å². The van der Waals surface area contributed by atoms with Gasteiger partial charge >= 0.3 is 0 Å². The highest BCUT2D eigenvalue weighted by atomic mass is 17.4. The lowest BCUT2D eigenvalue weighted by Gasteiger charge is -2.44. The van der Waals surface area contributed by atoms with Crippen molar-refractivity contribution in [2.45, 2.75) is 114 Å². The van der Waals surface area contributed by atoms with Crippen LogP contribution in [0.15, 0.2) is 0 Å². The second-order valence-electron chi connectivity index (χ2n) is 7.40. The second-order valence-corrected chi connectivity index (χ2v) is 7.40. The van der Waals surface area contributed by atoms with Gasteiger partial charge in [-0.3, -0.25) is 0 Å². The van der Waals surface area contributed by atoms with Gasteiger partial charge in [0.05, 0.1) is 0 Å². The first-order chi connectivity index (χ1) is 10.8. The molecule has 0 amide bonds. The summed E-state index contributed by atoms with van der Waals surface area (Å²) in [5, 5.41) is 0. The molecule has 0 aromatic heterocycles.